The molecular weight excluding hydrogens is 214 g/mol. The molecule has 1 aromatic heterocycles. The Kier molecular flexibility index (Phi) is 2.87. The molecule has 3 heteroatoms. The van der Waals surface area contributed by atoms with Gasteiger partial charge < -0.3 is 14.5 Å². The molecule has 0 saturated carbocycles. The number of hydrogen-bond acceptors (Lipinski definition) is 3. The van der Waals surface area contributed by atoms with Crippen molar-refractivity contribution in [3.05, 3.63) is 36.1 Å². The second-order valence-corrected chi connectivity index (χ2v) is 4.64. The highest BCUT2D eigenvalue weighted by Gasteiger charge is 2.20. The highest BCUT2D eigenvalue weighted by Crippen LogP contribution is 2.26. The largest absolute Gasteiger partial charge is 0.458 e. The van der Waals surface area contributed by atoms with Crippen LogP contribution < -0.4 is 5.32 Å². The van der Waals surface area contributed by atoms with Gasteiger partial charge in [-0.25, -0.2) is 0 Å². The van der Waals surface area contributed by atoms with Crippen molar-refractivity contribution in [3.8, 4) is 0 Å². The molecule has 1 fully saturated rings. The predicted octanol–water partition coefficient (Wildman–Crippen LogP) is 2.87. The van der Waals surface area contributed by atoms with E-state index in [2.05, 4.69) is 24.4 Å². The van der Waals surface area contributed by atoms with Crippen LogP contribution in [-0.2, 0) is 4.74 Å². The fraction of sp³-hybridized carbons (Fsp3) is 0.429. The first-order valence-corrected chi connectivity index (χ1v) is 6.16. The average molecular weight is 231 g/mol. The Labute approximate surface area is 101 Å². The molecule has 17 heavy (non-hydrogen) atoms. The molecule has 0 amide bonds. The van der Waals surface area contributed by atoms with Gasteiger partial charge in [-0.3, -0.25) is 0 Å². The van der Waals surface area contributed by atoms with Gasteiger partial charge in [0.1, 0.15) is 17.4 Å². The van der Waals surface area contributed by atoms with Crippen LogP contribution in [0, 0.1) is 0 Å². The quantitative estimate of drug-likeness (QED) is 0.819. The molecule has 1 aromatic carbocycles. The summed E-state index contributed by atoms with van der Waals surface area (Å²) in [5, 5.41) is 4.59. The smallest absolute Gasteiger partial charge is 0.135 e. The fourth-order valence-electron chi connectivity index (χ4n) is 2.20. The summed E-state index contributed by atoms with van der Waals surface area (Å²) in [6.07, 6.45) is 1.09. The van der Waals surface area contributed by atoms with Gasteiger partial charge in [0, 0.05) is 24.6 Å². The van der Waals surface area contributed by atoms with Crippen LogP contribution in [0.15, 0.2) is 34.7 Å². The Morgan fingerprint density at radius 1 is 1.29 bits per heavy atom. The van der Waals surface area contributed by atoms with Gasteiger partial charge >= 0.3 is 0 Å². The second-order valence-electron chi connectivity index (χ2n) is 4.64. The summed E-state index contributed by atoms with van der Waals surface area (Å²) in [5.41, 5.74) is 0.934. The maximum atomic E-state index is 5.83. The molecule has 2 atom stereocenters. The van der Waals surface area contributed by atoms with Gasteiger partial charge in [0.2, 0.25) is 0 Å². The lowest BCUT2D eigenvalue weighted by atomic mass is 10.2. The summed E-state index contributed by atoms with van der Waals surface area (Å²) in [5.74, 6) is 0.924. The monoisotopic (exact) mass is 231 g/mol. The number of rotatable bonds is 1. The SMILES string of the molecule is CC1CCOC(c2cc3ccccc3o2)CN1. The van der Waals surface area contributed by atoms with E-state index in [4.69, 9.17) is 9.15 Å². The minimum absolute atomic E-state index is 0.0346. The lowest BCUT2D eigenvalue weighted by molar-refractivity contribution is 0.0522. The third-order valence-corrected chi connectivity index (χ3v) is 3.28. The van der Waals surface area contributed by atoms with Crippen molar-refractivity contribution >= 4 is 11.0 Å². The van der Waals surface area contributed by atoms with Crippen molar-refractivity contribution in [2.45, 2.75) is 25.5 Å². The van der Waals surface area contributed by atoms with Crippen molar-refractivity contribution in [2.75, 3.05) is 13.2 Å². The first-order chi connectivity index (χ1) is 8.33. The second kappa shape index (κ2) is 4.51. The van der Waals surface area contributed by atoms with Gasteiger partial charge in [0.15, 0.2) is 0 Å². The van der Waals surface area contributed by atoms with Crippen molar-refractivity contribution in [1.82, 2.24) is 5.32 Å². The van der Waals surface area contributed by atoms with Crippen LogP contribution in [0.1, 0.15) is 25.2 Å². The lowest BCUT2D eigenvalue weighted by Gasteiger charge is -2.12. The van der Waals surface area contributed by atoms with E-state index >= 15 is 0 Å². The van der Waals surface area contributed by atoms with Crippen molar-refractivity contribution in [1.29, 1.82) is 0 Å². The van der Waals surface area contributed by atoms with Crippen molar-refractivity contribution in [2.24, 2.45) is 0 Å². The van der Waals surface area contributed by atoms with Crippen LogP contribution in [-0.4, -0.2) is 19.2 Å². The molecule has 1 aliphatic rings. The molecule has 2 unspecified atom stereocenters. The highest BCUT2D eigenvalue weighted by atomic mass is 16.5. The zero-order valence-electron chi connectivity index (χ0n) is 9.98. The summed E-state index contributed by atoms with van der Waals surface area (Å²) >= 11 is 0. The zero-order valence-corrected chi connectivity index (χ0v) is 9.98. The highest BCUT2D eigenvalue weighted by molar-refractivity contribution is 5.77. The van der Waals surface area contributed by atoms with Crippen LogP contribution in [0.25, 0.3) is 11.0 Å². The van der Waals surface area contributed by atoms with Gasteiger partial charge in [-0.1, -0.05) is 18.2 Å². The van der Waals surface area contributed by atoms with Crippen molar-refractivity contribution < 1.29 is 9.15 Å². The molecule has 2 aromatic rings. The van der Waals surface area contributed by atoms with E-state index in [1.165, 1.54) is 0 Å². The number of para-hydroxylation sites is 1. The van der Waals surface area contributed by atoms with Crippen LogP contribution in [0.4, 0.5) is 0 Å². The Balaban J connectivity index is 1.87. The first-order valence-electron chi connectivity index (χ1n) is 6.16. The minimum atomic E-state index is 0.0346. The van der Waals surface area contributed by atoms with Crippen LogP contribution in [0.5, 0.6) is 0 Å². The summed E-state index contributed by atoms with van der Waals surface area (Å²) in [6, 6.07) is 10.7. The van der Waals surface area contributed by atoms with Crippen LogP contribution in [0.2, 0.25) is 0 Å². The molecule has 1 saturated heterocycles. The standard InChI is InChI=1S/C14H17NO2/c1-10-6-7-16-14(9-15-10)13-8-11-4-2-3-5-12(11)17-13/h2-5,8,10,14-15H,6-7,9H2,1H3. The van der Waals surface area contributed by atoms with Crippen LogP contribution in [0.3, 0.4) is 0 Å². The predicted molar refractivity (Wildman–Crippen MR) is 67.0 cm³/mol. The molecule has 90 valence electrons. The number of nitrogens with one attached hydrogen (secondary N) is 1. The van der Waals surface area contributed by atoms with Gasteiger partial charge in [-0.05, 0) is 25.5 Å². The number of benzene rings is 1. The molecule has 0 radical (unpaired) electrons. The van der Waals surface area contributed by atoms with E-state index in [1.54, 1.807) is 0 Å². The number of hydrogen-bond donors (Lipinski definition) is 1. The Hall–Kier alpha value is -1.32. The number of furan rings is 1. The normalized spacial score (nSPS) is 25.9. The summed E-state index contributed by atoms with van der Waals surface area (Å²) in [7, 11) is 0. The topological polar surface area (TPSA) is 34.4 Å². The molecule has 0 bridgehead atoms. The molecule has 3 nitrogen and oxygen atoms in total. The van der Waals surface area contributed by atoms with E-state index < -0.39 is 0 Å². The zero-order chi connectivity index (χ0) is 11.7. The van der Waals surface area contributed by atoms with E-state index in [9.17, 15) is 0 Å². The number of fused-ring (bicyclic) bond motifs is 1. The third-order valence-electron chi connectivity index (χ3n) is 3.28. The Morgan fingerprint density at radius 2 is 2.18 bits per heavy atom. The molecule has 2 heterocycles. The summed E-state index contributed by atoms with van der Waals surface area (Å²) in [4.78, 5) is 0. The Bertz CT molecular complexity index is 473. The Morgan fingerprint density at radius 3 is 3.06 bits per heavy atom. The van der Waals surface area contributed by atoms with Gasteiger partial charge in [0.05, 0.1) is 0 Å². The molecule has 1 N–H and O–H groups in total. The summed E-state index contributed by atoms with van der Waals surface area (Å²) < 4.78 is 11.7. The maximum Gasteiger partial charge on any atom is 0.135 e. The lowest BCUT2D eigenvalue weighted by Crippen LogP contribution is -2.27. The van der Waals surface area contributed by atoms with E-state index in [1.807, 2.05) is 18.2 Å². The van der Waals surface area contributed by atoms with Gasteiger partial charge in [0.25, 0.3) is 0 Å². The van der Waals surface area contributed by atoms with E-state index in [-0.39, 0.29) is 6.10 Å². The van der Waals surface area contributed by atoms with E-state index in [0.717, 1.165) is 36.3 Å². The number of ether oxygens (including phenoxy) is 1. The third kappa shape index (κ3) is 2.21. The summed E-state index contributed by atoms with van der Waals surface area (Å²) in [6.45, 7) is 3.79. The molecule has 0 spiro atoms. The molecule has 1 aliphatic heterocycles. The fourth-order valence-corrected chi connectivity index (χ4v) is 2.20. The van der Waals surface area contributed by atoms with E-state index in [0.29, 0.717) is 6.04 Å². The van der Waals surface area contributed by atoms with Crippen molar-refractivity contribution in [3.63, 3.8) is 0 Å². The molecule has 3 rings (SSSR count). The minimum Gasteiger partial charge on any atom is -0.458 e. The molecular formula is C14H17NO2. The maximum absolute atomic E-state index is 5.83. The van der Waals surface area contributed by atoms with Gasteiger partial charge in [-0.15, -0.1) is 0 Å². The first kappa shape index (κ1) is 10.8. The van der Waals surface area contributed by atoms with Crippen LogP contribution >= 0.6 is 0 Å². The van der Waals surface area contributed by atoms with Gasteiger partial charge in [-0.2, -0.15) is 0 Å². The average Bonchev–Trinajstić information content (AvgIpc) is 2.65. The molecule has 0 aliphatic carbocycles.